The molecule has 100 valence electrons. The third kappa shape index (κ3) is 3.40. The Bertz CT molecular complexity index is 364. The van der Waals surface area contributed by atoms with E-state index in [4.69, 9.17) is 5.73 Å². The molecule has 1 aliphatic heterocycles. The standard InChI is InChI=1S/C13H23N5/c1-10(5-7-14)15-13-4-3-12(16-17-13)11-6-8-18(2)9-11/h3-4,10-11H,5-9,14H2,1-2H3,(H,15,17). The van der Waals surface area contributed by atoms with Gasteiger partial charge in [-0.25, -0.2) is 0 Å². The van der Waals surface area contributed by atoms with Crippen molar-refractivity contribution in [3.63, 3.8) is 0 Å². The monoisotopic (exact) mass is 249 g/mol. The second-order valence-electron chi connectivity index (χ2n) is 5.21. The van der Waals surface area contributed by atoms with E-state index < -0.39 is 0 Å². The van der Waals surface area contributed by atoms with Gasteiger partial charge in [0.1, 0.15) is 5.82 Å². The van der Waals surface area contributed by atoms with Crippen molar-refractivity contribution >= 4 is 5.82 Å². The third-order valence-corrected chi connectivity index (χ3v) is 3.49. The molecule has 0 radical (unpaired) electrons. The van der Waals surface area contributed by atoms with Crippen LogP contribution in [0.5, 0.6) is 0 Å². The largest absolute Gasteiger partial charge is 0.366 e. The first-order valence-corrected chi connectivity index (χ1v) is 6.68. The van der Waals surface area contributed by atoms with Gasteiger partial charge < -0.3 is 16.0 Å². The minimum Gasteiger partial charge on any atom is -0.366 e. The van der Waals surface area contributed by atoms with Gasteiger partial charge in [0.25, 0.3) is 0 Å². The van der Waals surface area contributed by atoms with Crippen molar-refractivity contribution in [2.24, 2.45) is 5.73 Å². The van der Waals surface area contributed by atoms with Gasteiger partial charge in [-0.15, -0.1) is 5.10 Å². The van der Waals surface area contributed by atoms with E-state index in [1.54, 1.807) is 0 Å². The van der Waals surface area contributed by atoms with E-state index in [0.717, 1.165) is 31.0 Å². The lowest BCUT2D eigenvalue weighted by atomic mass is 10.1. The quantitative estimate of drug-likeness (QED) is 0.816. The summed E-state index contributed by atoms with van der Waals surface area (Å²) >= 11 is 0. The first-order valence-electron chi connectivity index (χ1n) is 6.68. The molecule has 2 unspecified atom stereocenters. The molecule has 2 rings (SSSR count). The first kappa shape index (κ1) is 13.2. The highest BCUT2D eigenvalue weighted by molar-refractivity contribution is 5.34. The molecule has 1 saturated heterocycles. The fraction of sp³-hybridized carbons (Fsp3) is 0.692. The van der Waals surface area contributed by atoms with Gasteiger partial charge in [-0.1, -0.05) is 0 Å². The highest BCUT2D eigenvalue weighted by Gasteiger charge is 2.22. The van der Waals surface area contributed by atoms with E-state index in [-0.39, 0.29) is 0 Å². The van der Waals surface area contributed by atoms with Crippen LogP contribution in [0.25, 0.3) is 0 Å². The summed E-state index contributed by atoms with van der Waals surface area (Å²) in [5.74, 6) is 1.38. The van der Waals surface area contributed by atoms with Gasteiger partial charge in [0.15, 0.2) is 0 Å². The molecule has 5 heteroatoms. The summed E-state index contributed by atoms with van der Waals surface area (Å²) in [6.07, 6.45) is 2.12. The molecule has 0 spiro atoms. The Morgan fingerprint density at radius 2 is 2.33 bits per heavy atom. The number of hydrogen-bond donors (Lipinski definition) is 2. The average molecular weight is 249 g/mol. The summed E-state index contributed by atoms with van der Waals surface area (Å²) in [5, 5.41) is 11.9. The molecule has 0 aliphatic carbocycles. The van der Waals surface area contributed by atoms with Gasteiger partial charge in [-0.05, 0) is 52.0 Å². The van der Waals surface area contributed by atoms with Gasteiger partial charge >= 0.3 is 0 Å². The van der Waals surface area contributed by atoms with Crippen molar-refractivity contribution in [1.29, 1.82) is 0 Å². The van der Waals surface area contributed by atoms with Crippen LogP contribution < -0.4 is 11.1 Å². The number of nitrogens with zero attached hydrogens (tertiary/aromatic N) is 3. The smallest absolute Gasteiger partial charge is 0.148 e. The van der Waals surface area contributed by atoms with Crippen LogP contribution in [0.2, 0.25) is 0 Å². The number of hydrogen-bond acceptors (Lipinski definition) is 5. The fourth-order valence-corrected chi connectivity index (χ4v) is 2.39. The molecule has 1 aliphatic rings. The Kier molecular flexibility index (Phi) is 4.49. The van der Waals surface area contributed by atoms with E-state index in [9.17, 15) is 0 Å². The van der Waals surface area contributed by atoms with Gasteiger partial charge in [-0.3, -0.25) is 0 Å². The van der Waals surface area contributed by atoms with E-state index in [1.165, 1.54) is 6.42 Å². The van der Waals surface area contributed by atoms with E-state index >= 15 is 0 Å². The van der Waals surface area contributed by atoms with Crippen LogP contribution in [0.3, 0.4) is 0 Å². The van der Waals surface area contributed by atoms with Crippen LogP contribution in [0, 0.1) is 0 Å². The van der Waals surface area contributed by atoms with Crippen LogP contribution in [0.15, 0.2) is 12.1 Å². The molecule has 1 aromatic rings. The first-order chi connectivity index (χ1) is 8.69. The minimum atomic E-state index is 0.341. The Balaban J connectivity index is 1.93. The third-order valence-electron chi connectivity index (χ3n) is 3.49. The zero-order chi connectivity index (χ0) is 13.0. The van der Waals surface area contributed by atoms with Crippen molar-refractivity contribution in [3.8, 4) is 0 Å². The molecule has 0 bridgehead atoms. The predicted molar refractivity (Wildman–Crippen MR) is 73.6 cm³/mol. The summed E-state index contributed by atoms with van der Waals surface area (Å²) in [6, 6.07) is 4.45. The summed E-state index contributed by atoms with van der Waals surface area (Å²) in [5.41, 5.74) is 6.63. The summed E-state index contributed by atoms with van der Waals surface area (Å²) in [6.45, 7) is 5.04. The molecular weight excluding hydrogens is 226 g/mol. The zero-order valence-corrected chi connectivity index (χ0v) is 11.3. The van der Waals surface area contributed by atoms with Gasteiger partial charge in [0, 0.05) is 18.5 Å². The normalized spacial score (nSPS) is 22.1. The van der Waals surface area contributed by atoms with Crippen LogP contribution in [-0.4, -0.2) is 47.8 Å². The topological polar surface area (TPSA) is 67.1 Å². The Labute approximate surface area is 109 Å². The SMILES string of the molecule is CC(CCN)Nc1ccc(C2CCN(C)C2)nn1. The van der Waals surface area contributed by atoms with Gasteiger partial charge in [0.05, 0.1) is 5.69 Å². The van der Waals surface area contributed by atoms with Crippen LogP contribution in [0.4, 0.5) is 5.82 Å². The van der Waals surface area contributed by atoms with Crippen molar-refractivity contribution in [2.75, 3.05) is 32.0 Å². The maximum atomic E-state index is 5.52. The number of nitrogens with two attached hydrogens (primary N) is 1. The second kappa shape index (κ2) is 6.11. The predicted octanol–water partition coefficient (Wildman–Crippen LogP) is 1.04. The van der Waals surface area contributed by atoms with Crippen molar-refractivity contribution < 1.29 is 0 Å². The number of likely N-dealkylation sites (N-methyl/N-ethyl adjacent to an activating group) is 1. The van der Waals surface area contributed by atoms with E-state index in [2.05, 4.69) is 40.5 Å². The number of likely N-dealkylation sites (tertiary alicyclic amines) is 1. The maximum absolute atomic E-state index is 5.52. The molecule has 1 fully saturated rings. The molecule has 3 N–H and O–H groups in total. The fourth-order valence-electron chi connectivity index (χ4n) is 2.39. The molecular formula is C13H23N5. The summed E-state index contributed by atoms with van der Waals surface area (Å²) < 4.78 is 0. The van der Waals surface area contributed by atoms with E-state index in [0.29, 0.717) is 18.5 Å². The van der Waals surface area contributed by atoms with Crippen LogP contribution in [-0.2, 0) is 0 Å². The minimum absolute atomic E-state index is 0.341. The number of anilines is 1. The van der Waals surface area contributed by atoms with Crippen molar-refractivity contribution in [3.05, 3.63) is 17.8 Å². The van der Waals surface area contributed by atoms with Gasteiger partial charge in [0.2, 0.25) is 0 Å². The highest BCUT2D eigenvalue weighted by atomic mass is 15.2. The van der Waals surface area contributed by atoms with Gasteiger partial charge in [-0.2, -0.15) is 5.10 Å². The molecule has 1 aromatic heterocycles. The Morgan fingerprint density at radius 3 is 2.89 bits per heavy atom. The lowest BCUT2D eigenvalue weighted by Crippen LogP contribution is -2.20. The molecule has 0 saturated carbocycles. The van der Waals surface area contributed by atoms with Crippen LogP contribution in [0.1, 0.15) is 31.4 Å². The van der Waals surface area contributed by atoms with Crippen molar-refractivity contribution in [2.45, 2.75) is 31.7 Å². The van der Waals surface area contributed by atoms with Crippen molar-refractivity contribution in [1.82, 2.24) is 15.1 Å². The lowest BCUT2D eigenvalue weighted by Gasteiger charge is -2.14. The molecule has 2 heterocycles. The number of nitrogens with one attached hydrogen (secondary N) is 1. The lowest BCUT2D eigenvalue weighted by molar-refractivity contribution is 0.410. The molecule has 0 amide bonds. The summed E-state index contributed by atoms with van der Waals surface area (Å²) in [7, 11) is 2.15. The number of aromatic nitrogens is 2. The second-order valence-corrected chi connectivity index (χ2v) is 5.21. The van der Waals surface area contributed by atoms with Crippen LogP contribution >= 0.6 is 0 Å². The molecule has 2 atom stereocenters. The summed E-state index contributed by atoms with van der Waals surface area (Å²) in [4.78, 5) is 2.34. The highest BCUT2D eigenvalue weighted by Crippen LogP contribution is 2.24. The molecule has 5 nitrogen and oxygen atoms in total. The maximum Gasteiger partial charge on any atom is 0.148 e. The molecule has 18 heavy (non-hydrogen) atoms. The Morgan fingerprint density at radius 1 is 1.50 bits per heavy atom. The van der Waals surface area contributed by atoms with E-state index in [1.807, 2.05) is 6.07 Å². The average Bonchev–Trinajstić information content (AvgIpc) is 2.77. The zero-order valence-electron chi connectivity index (χ0n) is 11.3. The Hall–Kier alpha value is -1.20. The molecule has 0 aromatic carbocycles. The number of rotatable bonds is 5.